The molecule has 1 aromatic carbocycles. The lowest BCUT2D eigenvalue weighted by molar-refractivity contribution is 0.414. The number of hydrogen-bond donors (Lipinski definition) is 1. The second-order valence-electron chi connectivity index (χ2n) is 2.89. The molecule has 6 heteroatoms. The van der Waals surface area contributed by atoms with Crippen LogP contribution in [0.15, 0.2) is 24.3 Å². The smallest absolute Gasteiger partial charge is 0.241 e. The van der Waals surface area contributed by atoms with E-state index in [0.717, 1.165) is 5.56 Å². The third-order valence-corrected chi connectivity index (χ3v) is 2.67. The average Bonchev–Trinajstić information content (AvgIpc) is 2.27. The van der Waals surface area contributed by atoms with Crippen molar-refractivity contribution in [1.29, 1.82) is 0 Å². The zero-order valence-electron chi connectivity index (χ0n) is 8.23. The minimum absolute atomic E-state index is 0.0796. The van der Waals surface area contributed by atoms with E-state index in [9.17, 15) is 12.8 Å². The van der Waals surface area contributed by atoms with Gasteiger partial charge < -0.3 is 4.74 Å². The van der Waals surface area contributed by atoms with E-state index in [1.54, 1.807) is 31.4 Å². The van der Waals surface area contributed by atoms with Crippen LogP contribution in [0.3, 0.4) is 0 Å². The van der Waals surface area contributed by atoms with Crippen molar-refractivity contribution in [3.05, 3.63) is 29.8 Å². The number of nitrogens with one attached hydrogen (secondary N) is 1. The molecule has 0 amide bonds. The van der Waals surface area contributed by atoms with Crippen molar-refractivity contribution in [2.75, 3.05) is 13.1 Å². The molecule has 0 saturated carbocycles. The fourth-order valence-electron chi connectivity index (χ4n) is 0.975. The summed E-state index contributed by atoms with van der Waals surface area (Å²) in [6, 6.07) is 5.43. The number of hydrogen-bond acceptors (Lipinski definition) is 3. The molecular formula is C9H12FNO3S. The van der Waals surface area contributed by atoms with Crippen LogP contribution in [0, 0.1) is 0 Å². The highest BCUT2D eigenvalue weighted by molar-refractivity contribution is 7.89. The molecule has 0 aliphatic carbocycles. The Bertz CT molecular complexity index is 402. The monoisotopic (exact) mass is 233 g/mol. The fourth-order valence-corrected chi connectivity index (χ4v) is 1.44. The minimum Gasteiger partial charge on any atom is -0.497 e. The predicted octanol–water partition coefficient (Wildman–Crippen LogP) is 1.04. The SMILES string of the molecule is COc1ccc(CNS(=O)(=O)CF)cc1. The van der Waals surface area contributed by atoms with Crippen molar-refractivity contribution in [2.45, 2.75) is 6.54 Å². The van der Waals surface area contributed by atoms with E-state index in [0.29, 0.717) is 5.75 Å². The van der Waals surface area contributed by atoms with Crippen molar-refractivity contribution in [3.8, 4) is 5.75 Å². The van der Waals surface area contributed by atoms with Gasteiger partial charge in [0.05, 0.1) is 7.11 Å². The van der Waals surface area contributed by atoms with Gasteiger partial charge in [-0.3, -0.25) is 0 Å². The van der Waals surface area contributed by atoms with Gasteiger partial charge in [-0.2, -0.15) is 0 Å². The Balaban J connectivity index is 2.59. The van der Waals surface area contributed by atoms with Crippen LogP contribution < -0.4 is 9.46 Å². The van der Waals surface area contributed by atoms with Gasteiger partial charge in [0.2, 0.25) is 16.0 Å². The third kappa shape index (κ3) is 3.85. The van der Waals surface area contributed by atoms with Gasteiger partial charge in [-0.05, 0) is 17.7 Å². The molecule has 15 heavy (non-hydrogen) atoms. The van der Waals surface area contributed by atoms with Crippen LogP contribution in [0.25, 0.3) is 0 Å². The first-order valence-electron chi connectivity index (χ1n) is 4.23. The lowest BCUT2D eigenvalue weighted by Gasteiger charge is -2.04. The topological polar surface area (TPSA) is 55.4 Å². The standard InChI is InChI=1S/C9H12FNO3S/c1-14-9-4-2-8(3-5-9)6-11-15(12,13)7-10/h2-5,11H,6-7H2,1H3. The second kappa shape index (κ2) is 5.09. The van der Waals surface area contributed by atoms with E-state index in [-0.39, 0.29) is 6.54 Å². The predicted molar refractivity (Wildman–Crippen MR) is 54.7 cm³/mol. The average molecular weight is 233 g/mol. The van der Waals surface area contributed by atoms with Gasteiger partial charge >= 0.3 is 0 Å². The molecule has 0 atom stereocenters. The van der Waals surface area contributed by atoms with Gasteiger partial charge in [0.25, 0.3) is 0 Å². The van der Waals surface area contributed by atoms with Crippen LogP contribution in [0.1, 0.15) is 5.56 Å². The van der Waals surface area contributed by atoms with Crippen molar-refractivity contribution in [3.63, 3.8) is 0 Å². The van der Waals surface area contributed by atoms with Crippen molar-refractivity contribution in [2.24, 2.45) is 0 Å². The molecule has 0 aromatic heterocycles. The molecule has 0 unspecified atom stereocenters. The van der Waals surface area contributed by atoms with Crippen LogP contribution in [0.4, 0.5) is 4.39 Å². The highest BCUT2D eigenvalue weighted by atomic mass is 32.2. The quantitative estimate of drug-likeness (QED) is 0.826. The number of rotatable bonds is 5. The molecule has 4 nitrogen and oxygen atoms in total. The molecule has 0 aliphatic rings. The molecule has 0 heterocycles. The summed E-state index contributed by atoms with van der Waals surface area (Å²) >= 11 is 0. The van der Waals surface area contributed by atoms with Crippen LogP contribution in [0.5, 0.6) is 5.75 Å². The zero-order chi connectivity index (χ0) is 11.3. The zero-order valence-corrected chi connectivity index (χ0v) is 9.05. The summed E-state index contributed by atoms with van der Waals surface area (Å²) in [4.78, 5) is 0. The van der Waals surface area contributed by atoms with Crippen molar-refractivity contribution in [1.82, 2.24) is 4.72 Å². The maximum absolute atomic E-state index is 11.9. The van der Waals surface area contributed by atoms with Crippen LogP contribution in [-0.4, -0.2) is 21.5 Å². The van der Waals surface area contributed by atoms with Crippen LogP contribution in [0.2, 0.25) is 0 Å². The van der Waals surface area contributed by atoms with Crippen LogP contribution >= 0.6 is 0 Å². The first kappa shape index (κ1) is 11.9. The maximum atomic E-state index is 11.9. The van der Waals surface area contributed by atoms with Crippen LogP contribution in [-0.2, 0) is 16.6 Å². The lowest BCUT2D eigenvalue weighted by atomic mass is 10.2. The summed E-state index contributed by atoms with van der Waals surface area (Å²) in [5.74, 6) is 0.687. The Morgan fingerprint density at radius 2 is 1.93 bits per heavy atom. The summed E-state index contributed by atoms with van der Waals surface area (Å²) in [6.07, 6.45) is 0. The molecular weight excluding hydrogens is 221 g/mol. The van der Waals surface area contributed by atoms with E-state index in [1.807, 2.05) is 0 Å². The summed E-state index contributed by atoms with van der Waals surface area (Å²) in [5, 5.41) is 0. The maximum Gasteiger partial charge on any atom is 0.241 e. The number of halogens is 1. The van der Waals surface area contributed by atoms with E-state index < -0.39 is 16.0 Å². The summed E-state index contributed by atoms with van der Waals surface area (Å²) in [5.41, 5.74) is 0.743. The molecule has 0 radical (unpaired) electrons. The molecule has 0 aliphatic heterocycles. The van der Waals surface area contributed by atoms with Gasteiger partial charge in [-0.25, -0.2) is 17.5 Å². The number of sulfonamides is 1. The minimum atomic E-state index is -3.78. The first-order valence-corrected chi connectivity index (χ1v) is 5.89. The molecule has 0 bridgehead atoms. The number of alkyl halides is 1. The van der Waals surface area contributed by atoms with Gasteiger partial charge in [-0.1, -0.05) is 12.1 Å². The number of methoxy groups -OCH3 is 1. The summed E-state index contributed by atoms with van der Waals surface area (Å²) in [7, 11) is -2.24. The number of ether oxygens (including phenoxy) is 1. The molecule has 1 aromatic rings. The molecule has 0 spiro atoms. The molecule has 0 saturated heterocycles. The van der Waals surface area contributed by atoms with E-state index in [4.69, 9.17) is 4.74 Å². The first-order chi connectivity index (χ1) is 7.07. The Morgan fingerprint density at radius 3 is 2.40 bits per heavy atom. The normalized spacial score (nSPS) is 11.3. The number of benzene rings is 1. The molecule has 0 fully saturated rings. The molecule has 1 N–H and O–H groups in total. The third-order valence-electron chi connectivity index (χ3n) is 1.80. The Morgan fingerprint density at radius 1 is 1.33 bits per heavy atom. The largest absolute Gasteiger partial charge is 0.497 e. The highest BCUT2D eigenvalue weighted by Gasteiger charge is 2.07. The van der Waals surface area contributed by atoms with E-state index in [1.165, 1.54) is 0 Å². The van der Waals surface area contributed by atoms with E-state index in [2.05, 4.69) is 4.72 Å². The Labute approximate surface area is 88.1 Å². The Hall–Kier alpha value is -1.14. The fraction of sp³-hybridized carbons (Fsp3) is 0.333. The van der Waals surface area contributed by atoms with Gasteiger partial charge in [0.15, 0.2) is 0 Å². The summed E-state index contributed by atoms with van der Waals surface area (Å²) < 4.78 is 40.5. The summed E-state index contributed by atoms with van der Waals surface area (Å²) in [6.45, 7) is 0.0796. The van der Waals surface area contributed by atoms with E-state index >= 15 is 0 Å². The Kier molecular flexibility index (Phi) is 4.05. The second-order valence-corrected chi connectivity index (χ2v) is 4.63. The van der Waals surface area contributed by atoms with Crippen molar-refractivity contribution < 1.29 is 17.5 Å². The van der Waals surface area contributed by atoms with Gasteiger partial charge in [0, 0.05) is 6.54 Å². The highest BCUT2D eigenvalue weighted by Crippen LogP contribution is 2.11. The van der Waals surface area contributed by atoms with Gasteiger partial charge in [0.1, 0.15) is 5.75 Å². The van der Waals surface area contributed by atoms with Crippen molar-refractivity contribution >= 4 is 10.0 Å². The van der Waals surface area contributed by atoms with Gasteiger partial charge in [-0.15, -0.1) is 0 Å². The molecule has 1 rings (SSSR count). The molecule has 84 valence electrons. The lowest BCUT2D eigenvalue weighted by Crippen LogP contribution is -2.24.